The van der Waals surface area contributed by atoms with Crippen molar-refractivity contribution in [3.8, 4) is 11.3 Å². The van der Waals surface area contributed by atoms with Gasteiger partial charge in [0.2, 0.25) is 5.76 Å². The maximum absolute atomic E-state index is 12.0. The molecule has 0 bridgehead atoms. The average molecular weight is 363 g/mol. The fourth-order valence-corrected chi connectivity index (χ4v) is 3.20. The molecule has 1 aliphatic heterocycles. The van der Waals surface area contributed by atoms with Crippen LogP contribution in [-0.4, -0.2) is 34.4 Å². The minimum Gasteiger partial charge on any atom is -0.355 e. The van der Waals surface area contributed by atoms with Crippen LogP contribution in [-0.2, 0) is 0 Å². The maximum atomic E-state index is 12.0. The molecule has 0 spiro atoms. The Bertz CT molecular complexity index is 868. The van der Waals surface area contributed by atoms with Crippen molar-refractivity contribution >= 4 is 17.4 Å². The third-order valence-electron chi connectivity index (χ3n) is 4.68. The third kappa shape index (κ3) is 4.13. The molecule has 0 radical (unpaired) electrons. The molecule has 0 unspecified atom stereocenters. The molecule has 0 saturated carbocycles. The van der Waals surface area contributed by atoms with Crippen molar-refractivity contribution in [3.05, 3.63) is 54.4 Å². The molecule has 1 fully saturated rings. The summed E-state index contributed by atoms with van der Waals surface area (Å²) in [6, 6.07) is 13.0. The van der Waals surface area contributed by atoms with Crippen molar-refractivity contribution in [1.82, 2.24) is 15.4 Å². The fraction of sp³-hybridized carbons (Fsp3) is 0.300. The van der Waals surface area contributed by atoms with E-state index in [2.05, 4.69) is 25.6 Å². The second-order valence-electron chi connectivity index (χ2n) is 6.59. The number of benzene rings is 1. The highest BCUT2D eigenvalue weighted by molar-refractivity contribution is 6.02. The van der Waals surface area contributed by atoms with E-state index in [1.165, 1.54) is 37.9 Å². The van der Waals surface area contributed by atoms with E-state index in [1.807, 2.05) is 36.4 Å². The highest BCUT2D eigenvalue weighted by Gasteiger charge is 2.12. The summed E-state index contributed by atoms with van der Waals surface area (Å²) in [5.74, 6) is 0.785. The van der Waals surface area contributed by atoms with E-state index in [0.717, 1.165) is 30.2 Å². The molecule has 3 aromatic rings. The highest BCUT2D eigenvalue weighted by atomic mass is 16.5. The minimum absolute atomic E-state index is 0.175. The molecule has 138 valence electrons. The number of amides is 1. The smallest absolute Gasteiger partial charge is 0.294 e. The van der Waals surface area contributed by atoms with Crippen LogP contribution in [0, 0.1) is 0 Å². The van der Waals surface area contributed by atoms with Gasteiger partial charge in [0.1, 0.15) is 0 Å². The van der Waals surface area contributed by atoms with Gasteiger partial charge in [0, 0.05) is 30.4 Å². The van der Waals surface area contributed by atoms with E-state index in [-0.39, 0.29) is 11.7 Å². The lowest BCUT2D eigenvalue weighted by atomic mass is 10.1. The summed E-state index contributed by atoms with van der Waals surface area (Å²) in [5, 5.41) is 15.1. The van der Waals surface area contributed by atoms with Crippen LogP contribution in [0.1, 0.15) is 36.2 Å². The van der Waals surface area contributed by atoms with Crippen molar-refractivity contribution < 1.29 is 9.32 Å². The second kappa shape index (κ2) is 7.99. The summed E-state index contributed by atoms with van der Waals surface area (Å²) in [6.07, 6.45) is 6.45. The van der Waals surface area contributed by atoms with Crippen molar-refractivity contribution in [2.75, 3.05) is 23.3 Å². The molecule has 1 saturated heterocycles. The van der Waals surface area contributed by atoms with Crippen molar-refractivity contribution in [2.45, 2.75) is 25.7 Å². The standard InChI is InChI=1S/C20H21N5O2/c26-20(18-11-12-21-27-18)22-16-7-5-15(6-8-16)17-9-10-19(24-23-17)25-13-3-1-2-4-14-25/h5-12H,1-4,13-14H2,(H,22,26). The first-order chi connectivity index (χ1) is 13.3. The lowest BCUT2D eigenvalue weighted by Crippen LogP contribution is -2.25. The van der Waals surface area contributed by atoms with Crippen molar-refractivity contribution in [2.24, 2.45) is 0 Å². The normalized spacial score (nSPS) is 14.6. The molecule has 0 atom stereocenters. The van der Waals surface area contributed by atoms with Crippen LogP contribution in [0.4, 0.5) is 11.5 Å². The van der Waals surface area contributed by atoms with E-state index in [9.17, 15) is 4.79 Å². The van der Waals surface area contributed by atoms with E-state index >= 15 is 0 Å². The van der Waals surface area contributed by atoms with E-state index in [4.69, 9.17) is 4.52 Å². The SMILES string of the molecule is O=C(Nc1ccc(-c2ccc(N3CCCCCC3)nn2)cc1)c1ccno1. The zero-order valence-corrected chi connectivity index (χ0v) is 15.0. The quantitative estimate of drug-likeness (QED) is 0.760. The molecule has 27 heavy (non-hydrogen) atoms. The molecule has 2 aromatic heterocycles. The molecule has 4 rings (SSSR count). The number of nitrogens with zero attached hydrogens (tertiary/aromatic N) is 4. The van der Waals surface area contributed by atoms with Gasteiger partial charge in [0.25, 0.3) is 5.91 Å². The molecular formula is C20H21N5O2. The number of nitrogens with one attached hydrogen (secondary N) is 1. The van der Waals surface area contributed by atoms with E-state index in [1.54, 1.807) is 0 Å². The molecule has 1 aliphatic rings. The fourth-order valence-electron chi connectivity index (χ4n) is 3.20. The van der Waals surface area contributed by atoms with Gasteiger partial charge in [-0.1, -0.05) is 30.1 Å². The van der Waals surface area contributed by atoms with Gasteiger partial charge in [0.05, 0.1) is 11.9 Å². The molecule has 1 N–H and O–H groups in total. The lowest BCUT2D eigenvalue weighted by Gasteiger charge is -2.20. The Morgan fingerprint density at radius 2 is 1.70 bits per heavy atom. The summed E-state index contributed by atoms with van der Waals surface area (Å²) in [5.41, 5.74) is 2.43. The van der Waals surface area contributed by atoms with Gasteiger partial charge in [0.15, 0.2) is 5.82 Å². The molecule has 3 heterocycles. The predicted molar refractivity (Wildman–Crippen MR) is 103 cm³/mol. The van der Waals surface area contributed by atoms with Gasteiger partial charge in [-0.25, -0.2) is 0 Å². The number of aromatic nitrogens is 3. The van der Waals surface area contributed by atoms with E-state index in [0.29, 0.717) is 5.69 Å². The highest BCUT2D eigenvalue weighted by Crippen LogP contribution is 2.22. The third-order valence-corrected chi connectivity index (χ3v) is 4.68. The Kier molecular flexibility index (Phi) is 5.09. The summed E-state index contributed by atoms with van der Waals surface area (Å²) < 4.78 is 4.85. The largest absolute Gasteiger partial charge is 0.355 e. The average Bonchev–Trinajstić information content (AvgIpc) is 3.12. The lowest BCUT2D eigenvalue weighted by molar-refractivity contribution is 0.0988. The summed E-state index contributed by atoms with van der Waals surface area (Å²) in [7, 11) is 0. The van der Waals surface area contributed by atoms with Crippen LogP contribution in [0.3, 0.4) is 0 Å². The molecule has 7 heteroatoms. The minimum atomic E-state index is -0.332. The Morgan fingerprint density at radius 1 is 0.926 bits per heavy atom. The zero-order valence-electron chi connectivity index (χ0n) is 15.0. The molecule has 7 nitrogen and oxygen atoms in total. The van der Waals surface area contributed by atoms with Crippen molar-refractivity contribution in [1.29, 1.82) is 0 Å². The Hall–Kier alpha value is -3.22. The molecule has 1 amide bonds. The summed E-state index contributed by atoms with van der Waals surface area (Å²) >= 11 is 0. The van der Waals surface area contributed by atoms with Gasteiger partial charge < -0.3 is 14.7 Å². The molecular weight excluding hydrogens is 342 g/mol. The number of carbonyl (C=O) groups excluding carboxylic acids is 1. The maximum Gasteiger partial charge on any atom is 0.294 e. The Labute approximate surface area is 157 Å². The Balaban J connectivity index is 1.43. The van der Waals surface area contributed by atoms with E-state index < -0.39 is 0 Å². The number of hydrogen-bond acceptors (Lipinski definition) is 6. The molecule has 0 aliphatic carbocycles. The van der Waals surface area contributed by atoms with Crippen LogP contribution in [0.15, 0.2) is 53.2 Å². The Morgan fingerprint density at radius 3 is 2.33 bits per heavy atom. The van der Waals surface area contributed by atoms with Crippen LogP contribution >= 0.6 is 0 Å². The second-order valence-corrected chi connectivity index (χ2v) is 6.59. The van der Waals surface area contributed by atoms with Crippen LogP contribution in [0.25, 0.3) is 11.3 Å². The van der Waals surface area contributed by atoms with Gasteiger partial charge in [-0.05, 0) is 37.1 Å². The summed E-state index contributed by atoms with van der Waals surface area (Å²) in [6.45, 7) is 2.10. The number of rotatable bonds is 4. The predicted octanol–water partition coefficient (Wildman–Crippen LogP) is 3.76. The first-order valence-electron chi connectivity index (χ1n) is 9.21. The van der Waals surface area contributed by atoms with Crippen LogP contribution in [0.5, 0.6) is 0 Å². The topological polar surface area (TPSA) is 84.2 Å². The zero-order chi connectivity index (χ0) is 18.5. The van der Waals surface area contributed by atoms with Crippen molar-refractivity contribution in [3.63, 3.8) is 0 Å². The molecule has 1 aromatic carbocycles. The van der Waals surface area contributed by atoms with Gasteiger partial charge in [-0.2, -0.15) is 0 Å². The first-order valence-corrected chi connectivity index (χ1v) is 9.21. The number of hydrogen-bond donors (Lipinski definition) is 1. The van der Waals surface area contributed by atoms with Crippen LogP contribution < -0.4 is 10.2 Å². The van der Waals surface area contributed by atoms with Gasteiger partial charge in [-0.15, -0.1) is 10.2 Å². The number of anilines is 2. The van der Waals surface area contributed by atoms with Crippen LogP contribution in [0.2, 0.25) is 0 Å². The first kappa shape index (κ1) is 17.2. The van der Waals surface area contributed by atoms with Gasteiger partial charge >= 0.3 is 0 Å². The number of carbonyl (C=O) groups is 1. The summed E-state index contributed by atoms with van der Waals surface area (Å²) in [4.78, 5) is 14.3. The van der Waals surface area contributed by atoms with Gasteiger partial charge in [-0.3, -0.25) is 4.79 Å². The monoisotopic (exact) mass is 363 g/mol.